The smallest absolute Gasteiger partial charge is 0.0668 e. The van der Waals surface area contributed by atoms with Crippen LogP contribution in [0.2, 0.25) is 0 Å². The zero-order valence-corrected chi connectivity index (χ0v) is 17.7. The van der Waals surface area contributed by atoms with Crippen LogP contribution < -0.4 is 5.11 Å². The topological polar surface area (TPSA) is 40.1 Å². The highest BCUT2D eigenvalue weighted by Crippen LogP contribution is 2.15. The molecule has 26 heavy (non-hydrogen) atoms. The molecule has 0 saturated heterocycles. The van der Waals surface area contributed by atoms with Crippen molar-refractivity contribution in [2.75, 3.05) is 0 Å². The molecule has 0 bridgehead atoms. The highest BCUT2D eigenvalue weighted by atomic mass is 16.4. The molecular weight excluding hydrogens is 320 g/mol. The lowest BCUT2D eigenvalue weighted by atomic mass is 10.0. The van der Waals surface area contributed by atoms with Crippen molar-refractivity contribution in [1.82, 2.24) is 0 Å². The van der Waals surface area contributed by atoms with E-state index >= 15 is 0 Å². The molecule has 0 aromatic heterocycles. The first kappa shape index (κ1) is 25.2. The first-order chi connectivity index (χ1) is 12.7. The SMILES string of the molecule is C=C(CCCCCCCCCCCCCCCCCCCCC)C(=O)[O-]. The van der Waals surface area contributed by atoms with Gasteiger partial charge in [0.25, 0.3) is 0 Å². The summed E-state index contributed by atoms with van der Waals surface area (Å²) in [5.41, 5.74) is 0.247. The normalized spacial score (nSPS) is 11.0. The van der Waals surface area contributed by atoms with E-state index in [1.165, 1.54) is 109 Å². The number of unbranched alkanes of at least 4 members (excludes halogenated alkanes) is 18. The predicted molar refractivity (Wildman–Crippen MR) is 112 cm³/mol. The quantitative estimate of drug-likeness (QED) is 0.160. The number of rotatable bonds is 21. The van der Waals surface area contributed by atoms with Crippen molar-refractivity contribution >= 4 is 5.97 Å². The Balaban J connectivity index is 3.05. The van der Waals surface area contributed by atoms with E-state index in [-0.39, 0.29) is 5.57 Å². The number of carboxylic acid groups (broad SMARTS) is 1. The molecule has 0 atom stereocenters. The van der Waals surface area contributed by atoms with Gasteiger partial charge in [0.2, 0.25) is 0 Å². The van der Waals surface area contributed by atoms with E-state index in [1.807, 2.05) is 0 Å². The summed E-state index contributed by atoms with van der Waals surface area (Å²) in [5, 5.41) is 10.5. The van der Waals surface area contributed by atoms with Crippen molar-refractivity contribution in [2.45, 2.75) is 135 Å². The first-order valence-corrected chi connectivity index (χ1v) is 11.6. The number of hydrogen-bond donors (Lipinski definition) is 0. The lowest BCUT2D eigenvalue weighted by Gasteiger charge is -2.06. The summed E-state index contributed by atoms with van der Waals surface area (Å²) in [6, 6.07) is 0. The molecule has 0 amide bonds. The molecule has 0 radical (unpaired) electrons. The largest absolute Gasteiger partial charge is 0.545 e. The summed E-state index contributed by atoms with van der Waals surface area (Å²) < 4.78 is 0. The van der Waals surface area contributed by atoms with Gasteiger partial charge in [-0.15, -0.1) is 0 Å². The Morgan fingerprint density at radius 3 is 1.12 bits per heavy atom. The van der Waals surface area contributed by atoms with Crippen LogP contribution in [0.25, 0.3) is 0 Å². The van der Waals surface area contributed by atoms with Gasteiger partial charge in [-0.1, -0.05) is 129 Å². The summed E-state index contributed by atoms with van der Waals surface area (Å²) in [6.45, 7) is 5.79. The Morgan fingerprint density at radius 2 is 0.846 bits per heavy atom. The Morgan fingerprint density at radius 1 is 0.577 bits per heavy atom. The first-order valence-electron chi connectivity index (χ1n) is 11.6. The van der Waals surface area contributed by atoms with E-state index in [4.69, 9.17) is 0 Å². The van der Waals surface area contributed by atoms with Crippen LogP contribution in [0.1, 0.15) is 135 Å². The lowest BCUT2D eigenvalue weighted by Crippen LogP contribution is -2.23. The molecule has 0 heterocycles. The molecule has 0 aliphatic carbocycles. The molecule has 0 unspecified atom stereocenters. The van der Waals surface area contributed by atoms with Crippen molar-refractivity contribution in [1.29, 1.82) is 0 Å². The van der Waals surface area contributed by atoms with Gasteiger partial charge in [-0.2, -0.15) is 0 Å². The van der Waals surface area contributed by atoms with Crippen molar-refractivity contribution < 1.29 is 9.90 Å². The standard InChI is InChI=1S/C24H46O2/c1-3-4-5-6-7-8-9-10-11-12-13-14-15-16-17-18-19-20-21-22-23(2)24(25)26/h2-22H2,1H3,(H,25,26)/p-1. The number of carboxylic acids is 1. The average Bonchev–Trinajstić information content (AvgIpc) is 2.63. The molecule has 2 heteroatoms. The Kier molecular flexibility index (Phi) is 19.9. The number of carbonyl (C=O) groups is 1. The van der Waals surface area contributed by atoms with E-state index in [1.54, 1.807) is 0 Å². The lowest BCUT2D eigenvalue weighted by molar-refractivity contribution is -0.299. The van der Waals surface area contributed by atoms with Crippen LogP contribution in [0, 0.1) is 0 Å². The average molecular weight is 366 g/mol. The minimum atomic E-state index is -1.09. The maximum Gasteiger partial charge on any atom is 0.0668 e. The maximum atomic E-state index is 10.5. The van der Waals surface area contributed by atoms with Gasteiger partial charge >= 0.3 is 0 Å². The molecule has 0 fully saturated rings. The van der Waals surface area contributed by atoms with Gasteiger partial charge < -0.3 is 9.90 Å². The van der Waals surface area contributed by atoms with Gasteiger partial charge in [0.1, 0.15) is 0 Å². The number of aliphatic carboxylic acids is 1. The van der Waals surface area contributed by atoms with Crippen molar-refractivity contribution in [2.24, 2.45) is 0 Å². The predicted octanol–water partition coefficient (Wildman–Crippen LogP) is 7.11. The molecule has 154 valence electrons. The second-order valence-electron chi connectivity index (χ2n) is 8.00. The molecule has 0 spiro atoms. The van der Waals surface area contributed by atoms with Gasteiger partial charge in [-0.3, -0.25) is 0 Å². The van der Waals surface area contributed by atoms with Gasteiger partial charge in [-0.05, 0) is 18.4 Å². The van der Waals surface area contributed by atoms with Crippen LogP contribution in [0.3, 0.4) is 0 Å². The van der Waals surface area contributed by atoms with Crippen LogP contribution in [0.15, 0.2) is 12.2 Å². The fourth-order valence-corrected chi connectivity index (χ4v) is 3.52. The molecule has 0 N–H and O–H groups in total. The van der Waals surface area contributed by atoms with Crippen LogP contribution in [0.4, 0.5) is 0 Å². The highest BCUT2D eigenvalue weighted by Gasteiger charge is 1.97. The third kappa shape index (κ3) is 19.5. The number of hydrogen-bond acceptors (Lipinski definition) is 2. The van der Waals surface area contributed by atoms with Crippen molar-refractivity contribution in [3.8, 4) is 0 Å². The van der Waals surface area contributed by atoms with Gasteiger partial charge in [0, 0.05) is 0 Å². The molecule has 0 aromatic rings. The highest BCUT2D eigenvalue weighted by molar-refractivity contribution is 5.83. The molecule has 0 saturated carbocycles. The molecule has 0 aromatic carbocycles. The summed E-state index contributed by atoms with van der Waals surface area (Å²) in [4.78, 5) is 10.5. The molecule has 2 nitrogen and oxygen atoms in total. The van der Waals surface area contributed by atoms with Crippen LogP contribution in [0.5, 0.6) is 0 Å². The number of carbonyl (C=O) groups excluding carboxylic acids is 1. The summed E-state index contributed by atoms with van der Waals surface area (Å²) in [5.74, 6) is -1.09. The Hall–Kier alpha value is -0.790. The van der Waals surface area contributed by atoms with Crippen molar-refractivity contribution in [3.63, 3.8) is 0 Å². The van der Waals surface area contributed by atoms with Crippen molar-refractivity contribution in [3.05, 3.63) is 12.2 Å². The van der Waals surface area contributed by atoms with E-state index in [2.05, 4.69) is 13.5 Å². The van der Waals surface area contributed by atoms with E-state index in [0.29, 0.717) is 6.42 Å². The molecule has 0 aliphatic rings. The van der Waals surface area contributed by atoms with Crippen LogP contribution >= 0.6 is 0 Å². The zero-order valence-electron chi connectivity index (χ0n) is 17.7. The zero-order chi connectivity index (χ0) is 19.3. The fourth-order valence-electron chi connectivity index (χ4n) is 3.52. The Labute approximate surface area is 163 Å². The van der Waals surface area contributed by atoms with E-state index in [9.17, 15) is 9.90 Å². The minimum Gasteiger partial charge on any atom is -0.545 e. The van der Waals surface area contributed by atoms with Gasteiger partial charge in [0.05, 0.1) is 5.97 Å². The minimum absolute atomic E-state index is 0.247. The maximum absolute atomic E-state index is 10.5. The van der Waals surface area contributed by atoms with Crippen LogP contribution in [-0.4, -0.2) is 5.97 Å². The van der Waals surface area contributed by atoms with Crippen LogP contribution in [-0.2, 0) is 4.79 Å². The molecule has 0 aliphatic heterocycles. The summed E-state index contributed by atoms with van der Waals surface area (Å²) in [6.07, 6.45) is 26.4. The second-order valence-corrected chi connectivity index (χ2v) is 8.00. The fraction of sp³-hybridized carbons (Fsp3) is 0.875. The summed E-state index contributed by atoms with van der Waals surface area (Å²) in [7, 11) is 0. The third-order valence-corrected chi connectivity index (χ3v) is 5.37. The molecular formula is C24H45O2-. The van der Waals surface area contributed by atoms with Gasteiger partial charge in [-0.25, -0.2) is 0 Å². The Bertz CT molecular complexity index is 322. The summed E-state index contributed by atoms with van der Waals surface area (Å²) >= 11 is 0. The second kappa shape index (κ2) is 20.5. The third-order valence-electron chi connectivity index (χ3n) is 5.37. The monoisotopic (exact) mass is 365 g/mol. The van der Waals surface area contributed by atoms with E-state index < -0.39 is 5.97 Å². The van der Waals surface area contributed by atoms with E-state index in [0.717, 1.165) is 12.8 Å². The van der Waals surface area contributed by atoms with Gasteiger partial charge in [0.15, 0.2) is 0 Å². The molecule has 0 rings (SSSR count).